The summed E-state index contributed by atoms with van der Waals surface area (Å²) in [5.41, 5.74) is 2.69. The lowest BCUT2D eigenvalue weighted by atomic mass is 9.87. The van der Waals surface area contributed by atoms with Crippen molar-refractivity contribution in [1.29, 1.82) is 0 Å². The van der Waals surface area contributed by atoms with E-state index < -0.39 is 6.10 Å². The molecule has 3 rings (SSSR count). The molecule has 1 aliphatic heterocycles. The Labute approximate surface area is 142 Å². The van der Waals surface area contributed by atoms with E-state index in [2.05, 4.69) is 10.3 Å². The standard InChI is InChI=1S/C19H23N3O2/c1-14-13-20-10-7-17(14)21-19(24)22-11-8-16(9-12-22)18(23)15-5-3-2-4-6-15/h2-7,10,13,16,18,23H,8-9,11-12H2,1H3,(H,20,21,24). The van der Waals surface area contributed by atoms with Crippen LogP contribution in [0.5, 0.6) is 0 Å². The van der Waals surface area contributed by atoms with E-state index in [9.17, 15) is 9.90 Å². The van der Waals surface area contributed by atoms with E-state index >= 15 is 0 Å². The molecule has 2 heterocycles. The molecule has 24 heavy (non-hydrogen) atoms. The van der Waals surface area contributed by atoms with E-state index in [1.54, 1.807) is 18.5 Å². The van der Waals surface area contributed by atoms with Crippen molar-refractivity contribution in [2.45, 2.75) is 25.9 Å². The Morgan fingerprint density at radius 2 is 1.96 bits per heavy atom. The predicted molar refractivity (Wildman–Crippen MR) is 93.7 cm³/mol. The molecular weight excluding hydrogens is 302 g/mol. The SMILES string of the molecule is Cc1cnccc1NC(=O)N1CCC(C(O)c2ccccc2)CC1. The lowest BCUT2D eigenvalue weighted by Crippen LogP contribution is -2.42. The average Bonchev–Trinajstić information content (AvgIpc) is 2.64. The Kier molecular flexibility index (Phi) is 5.11. The molecule has 0 aliphatic carbocycles. The van der Waals surface area contributed by atoms with Gasteiger partial charge in [-0.3, -0.25) is 4.98 Å². The Morgan fingerprint density at radius 1 is 1.25 bits per heavy atom. The van der Waals surface area contributed by atoms with Gasteiger partial charge < -0.3 is 15.3 Å². The van der Waals surface area contributed by atoms with E-state index in [0.29, 0.717) is 13.1 Å². The van der Waals surface area contributed by atoms with Crippen LogP contribution in [0.1, 0.15) is 30.1 Å². The van der Waals surface area contributed by atoms with Gasteiger partial charge in [-0.05, 0) is 42.9 Å². The summed E-state index contributed by atoms with van der Waals surface area (Å²) < 4.78 is 0. The van der Waals surface area contributed by atoms with Crippen molar-refractivity contribution in [2.75, 3.05) is 18.4 Å². The first-order chi connectivity index (χ1) is 11.6. The molecule has 2 amide bonds. The van der Waals surface area contributed by atoms with Gasteiger partial charge in [0, 0.05) is 31.2 Å². The number of amides is 2. The maximum absolute atomic E-state index is 12.4. The van der Waals surface area contributed by atoms with Crippen LogP contribution in [-0.4, -0.2) is 34.1 Å². The fourth-order valence-corrected chi connectivity index (χ4v) is 3.15. The van der Waals surface area contributed by atoms with Gasteiger partial charge in [-0.2, -0.15) is 0 Å². The molecule has 1 saturated heterocycles. The number of nitrogens with one attached hydrogen (secondary N) is 1. The number of aliphatic hydroxyl groups excluding tert-OH is 1. The summed E-state index contributed by atoms with van der Waals surface area (Å²) in [7, 11) is 0. The fraction of sp³-hybridized carbons (Fsp3) is 0.368. The first-order valence-electron chi connectivity index (χ1n) is 8.34. The number of piperidine rings is 1. The van der Waals surface area contributed by atoms with Gasteiger partial charge in [-0.1, -0.05) is 30.3 Å². The normalized spacial score (nSPS) is 16.7. The van der Waals surface area contributed by atoms with Gasteiger partial charge in [0.05, 0.1) is 6.10 Å². The van der Waals surface area contributed by atoms with Gasteiger partial charge in [0.15, 0.2) is 0 Å². The number of rotatable bonds is 3. The van der Waals surface area contributed by atoms with Crippen LogP contribution in [0.25, 0.3) is 0 Å². The summed E-state index contributed by atoms with van der Waals surface area (Å²) in [5, 5.41) is 13.5. The molecule has 126 valence electrons. The van der Waals surface area contributed by atoms with E-state index in [0.717, 1.165) is 29.7 Å². The third-order valence-electron chi connectivity index (χ3n) is 4.68. The van der Waals surface area contributed by atoms with E-state index in [1.807, 2.05) is 42.2 Å². The van der Waals surface area contributed by atoms with E-state index in [-0.39, 0.29) is 11.9 Å². The highest BCUT2D eigenvalue weighted by Crippen LogP contribution is 2.30. The van der Waals surface area contributed by atoms with E-state index in [1.165, 1.54) is 0 Å². The second-order valence-electron chi connectivity index (χ2n) is 6.30. The number of hydrogen-bond donors (Lipinski definition) is 2. The number of benzene rings is 1. The molecule has 0 saturated carbocycles. The number of urea groups is 1. The third-order valence-corrected chi connectivity index (χ3v) is 4.68. The number of pyridine rings is 1. The molecule has 2 aromatic rings. The molecule has 1 fully saturated rings. The molecule has 5 heteroatoms. The zero-order valence-corrected chi connectivity index (χ0v) is 13.9. The number of aliphatic hydroxyl groups is 1. The summed E-state index contributed by atoms with van der Waals surface area (Å²) in [6.45, 7) is 3.24. The Hall–Kier alpha value is -2.40. The molecule has 1 unspecified atom stereocenters. The highest BCUT2D eigenvalue weighted by atomic mass is 16.3. The van der Waals surface area contributed by atoms with Crippen molar-refractivity contribution in [2.24, 2.45) is 5.92 Å². The van der Waals surface area contributed by atoms with Gasteiger partial charge in [0.1, 0.15) is 0 Å². The van der Waals surface area contributed by atoms with Crippen molar-refractivity contribution in [3.8, 4) is 0 Å². The monoisotopic (exact) mass is 325 g/mol. The quantitative estimate of drug-likeness (QED) is 0.909. The summed E-state index contributed by atoms with van der Waals surface area (Å²) >= 11 is 0. The van der Waals surface area contributed by atoms with Gasteiger partial charge in [-0.25, -0.2) is 4.79 Å². The molecule has 1 aromatic carbocycles. The molecule has 1 aromatic heterocycles. The molecule has 0 bridgehead atoms. The second-order valence-corrected chi connectivity index (χ2v) is 6.30. The minimum Gasteiger partial charge on any atom is -0.388 e. The number of carbonyl (C=O) groups is 1. The van der Waals surface area contributed by atoms with Crippen molar-refractivity contribution in [3.05, 3.63) is 59.9 Å². The topological polar surface area (TPSA) is 65.5 Å². The Balaban J connectivity index is 1.55. The minimum atomic E-state index is -0.459. The van der Waals surface area contributed by atoms with Crippen LogP contribution >= 0.6 is 0 Å². The minimum absolute atomic E-state index is 0.0862. The van der Waals surface area contributed by atoms with Crippen molar-refractivity contribution < 1.29 is 9.90 Å². The van der Waals surface area contributed by atoms with Crippen molar-refractivity contribution in [1.82, 2.24) is 9.88 Å². The summed E-state index contributed by atoms with van der Waals surface area (Å²) in [6, 6.07) is 11.5. The maximum Gasteiger partial charge on any atom is 0.321 e. The number of carbonyl (C=O) groups excluding carboxylic acids is 1. The van der Waals surface area contributed by atoms with E-state index in [4.69, 9.17) is 0 Å². The Bertz CT molecular complexity index is 682. The van der Waals surface area contributed by atoms with Crippen molar-refractivity contribution >= 4 is 11.7 Å². The number of nitrogens with zero attached hydrogens (tertiary/aromatic N) is 2. The largest absolute Gasteiger partial charge is 0.388 e. The first-order valence-corrected chi connectivity index (χ1v) is 8.34. The zero-order chi connectivity index (χ0) is 16.9. The highest BCUT2D eigenvalue weighted by Gasteiger charge is 2.28. The number of likely N-dealkylation sites (tertiary alicyclic amines) is 1. The first kappa shape index (κ1) is 16.5. The average molecular weight is 325 g/mol. The third kappa shape index (κ3) is 3.74. The van der Waals surface area contributed by atoms with Gasteiger partial charge in [0.25, 0.3) is 0 Å². The van der Waals surface area contributed by atoms with Crippen LogP contribution in [0.4, 0.5) is 10.5 Å². The predicted octanol–water partition coefficient (Wildman–Crippen LogP) is 3.37. The smallest absolute Gasteiger partial charge is 0.321 e. The fourth-order valence-electron chi connectivity index (χ4n) is 3.15. The molecule has 0 radical (unpaired) electrons. The number of anilines is 1. The molecule has 0 spiro atoms. The van der Waals surface area contributed by atoms with Crippen LogP contribution in [0.2, 0.25) is 0 Å². The summed E-state index contributed by atoms with van der Waals surface area (Å²) in [5.74, 6) is 0.194. The Morgan fingerprint density at radius 3 is 2.62 bits per heavy atom. The van der Waals surface area contributed by atoms with Gasteiger partial charge in [0.2, 0.25) is 0 Å². The lowest BCUT2D eigenvalue weighted by molar-refractivity contribution is 0.0683. The van der Waals surface area contributed by atoms with Gasteiger partial charge in [-0.15, -0.1) is 0 Å². The molecule has 5 nitrogen and oxygen atoms in total. The van der Waals surface area contributed by atoms with Crippen LogP contribution in [0, 0.1) is 12.8 Å². The van der Waals surface area contributed by atoms with Crippen LogP contribution in [0.3, 0.4) is 0 Å². The molecule has 1 atom stereocenters. The molecular formula is C19H23N3O2. The number of aryl methyl sites for hydroxylation is 1. The summed E-state index contributed by atoms with van der Waals surface area (Å²) in [4.78, 5) is 18.2. The van der Waals surface area contributed by atoms with Crippen LogP contribution < -0.4 is 5.32 Å². The molecule has 2 N–H and O–H groups in total. The number of hydrogen-bond acceptors (Lipinski definition) is 3. The van der Waals surface area contributed by atoms with Crippen LogP contribution in [-0.2, 0) is 0 Å². The highest BCUT2D eigenvalue weighted by molar-refractivity contribution is 5.90. The van der Waals surface area contributed by atoms with Crippen LogP contribution in [0.15, 0.2) is 48.8 Å². The molecule has 1 aliphatic rings. The van der Waals surface area contributed by atoms with Crippen molar-refractivity contribution in [3.63, 3.8) is 0 Å². The zero-order valence-electron chi connectivity index (χ0n) is 13.9. The number of aromatic nitrogens is 1. The second kappa shape index (κ2) is 7.45. The van der Waals surface area contributed by atoms with Gasteiger partial charge >= 0.3 is 6.03 Å². The lowest BCUT2D eigenvalue weighted by Gasteiger charge is -2.34. The maximum atomic E-state index is 12.4. The summed E-state index contributed by atoms with van der Waals surface area (Å²) in [6.07, 6.45) is 4.56.